The molecule has 0 saturated carbocycles. The SMILES string of the molecule is COc1ccccc1OCC(O)CNC(C)(C)Cc1cccs1. The fraction of sp³-hybridized carbons (Fsp3) is 0.444. The van der Waals surface area contributed by atoms with Crippen LogP contribution in [-0.4, -0.2) is 37.0 Å². The Morgan fingerprint density at radius 2 is 1.91 bits per heavy atom. The van der Waals surface area contributed by atoms with Crippen LogP contribution >= 0.6 is 11.3 Å². The Hall–Kier alpha value is -1.56. The van der Waals surface area contributed by atoms with Crippen molar-refractivity contribution in [2.75, 3.05) is 20.3 Å². The quantitative estimate of drug-likeness (QED) is 0.739. The molecule has 0 bridgehead atoms. The smallest absolute Gasteiger partial charge is 0.161 e. The zero-order chi connectivity index (χ0) is 16.7. The Kier molecular flexibility index (Phi) is 6.45. The average Bonchev–Trinajstić information content (AvgIpc) is 3.03. The molecule has 0 aliphatic carbocycles. The molecule has 23 heavy (non-hydrogen) atoms. The summed E-state index contributed by atoms with van der Waals surface area (Å²) in [6.45, 7) is 4.98. The van der Waals surface area contributed by atoms with Gasteiger partial charge >= 0.3 is 0 Å². The molecule has 1 heterocycles. The third-order valence-electron chi connectivity index (χ3n) is 3.51. The second-order valence-electron chi connectivity index (χ2n) is 6.14. The van der Waals surface area contributed by atoms with Crippen molar-refractivity contribution in [3.8, 4) is 11.5 Å². The van der Waals surface area contributed by atoms with Gasteiger partial charge in [0.1, 0.15) is 12.7 Å². The summed E-state index contributed by atoms with van der Waals surface area (Å²) in [7, 11) is 1.60. The summed E-state index contributed by atoms with van der Waals surface area (Å²) in [5.74, 6) is 1.32. The molecule has 0 radical (unpaired) electrons. The third kappa shape index (κ3) is 5.86. The normalized spacial score (nSPS) is 12.9. The molecule has 126 valence electrons. The lowest BCUT2D eigenvalue weighted by Gasteiger charge is -2.27. The maximum Gasteiger partial charge on any atom is 0.161 e. The van der Waals surface area contributed by atoms with Gasteiger partial charge in [0.15, 0.2) is 11.5 Å². The van der Waals surface area contributed by atoms with E-state index in [9.17, 15) is 5.11 Å². The molecule has 5 heteroatoms. The Balaban J connectivity index is 1.77. The Morgan fingerprint density at radius 3 is 2.57 bits per heavy atom. The minimum absolute atomic E-state index is 0.0731. The largest absolute Gasteiger partial charge is 0.493 e. The molecule has 1 aromatic heterocycles. The lowest BCUT2D eigenvalue weighted by Crippen LogP contribution is -2.46. The maximum atomic E-state index is 10.1. The van der Waals surface area contributed by atoms with Crippen LogP contribution in [0.15, 0.2) is 41.8 Å². The van der Waals surface area contributed by atoms with Gasteiger partial charge in [-0.3, -0.25) is 0 Å². The number of thiophene rings is 1. The Labute approximate surface area is 142 Å². The second-order valence-corrected chi connectivity index (χ2v) is 7.17. The lowest BCUT2D eigenvalue weighted by molar-refractivity contribution is 0.0973. The first kappa shape index (κ1) is 17.8. The van der Waals surface area contributed by atoms with Crippen LogP contribution in [0, 0.1) is 0 Å². The van der Waals surface area contributed by atoms with Crippen LogP contribution in [0.4, 0.5) is 0 Å². The van der Waals surface area contributed by atoms with Crippen LogP contribution in [-0.2, 0) is 6.42 Å². The molecule has 0 aliphatic heterocycles. The number of aliphatic hydroxyl groups excluding tert-OH is 1. The first-order chi connectivity index (χ1) is 11.0. The van der Waals surface area contributed by atoms with Crippen molar-refractivity contribution in [1.29, 1.82) is 0 Å². The predicted octanol–water partition coefficient (Wildman–Crippen LogP) is 3.11. The summed E-state index contributed by atoms with van der Waals surface area (Å²) in [5, 5.41) is 15.6. The van der Waals surface area contributed by atoms with Crippen LogP contribution in [0.3, 0.4) is 0 Å². The van der Waals surface area contributed by atoms with Crippen LogP contribution in [0.2, 0.25) is 0 Å². The van der Waals surface area contributed by atoms with E-state index in [1.807, 2.05) is 24.3 Å². The monoisotopic (exact) mass is 335 g/mol. The maximum absolute atomic E-state index is 10.1. The standard InChI is InChI=1S/C18H25NO3S/c1-18(2,11-15-7-6-10-23-15)19-12-14(20)13-22-17-9-5-4-8-16(17)21-3/h4-10,14,19-20H,11-13H2,1-3H3. The highest BCUT2D eigenvalue weighted by molar-refractivity contribution is 7.09. The minimum Gasteiger partial charge on any atom is -0.493 e. The van der Waals surface area contributed by atoms with Gasteiger partial charge in [0.2, 0.25) is 0 Å². The van der Waals surface area contributed by atoms with Crippen molar-refractivity contribution in [2.45, 2.75) is 31.9 Å². The average molecular weight is 335 g/mol. The highest BCUT2D eigenvalue weighted by atomic mass is 32.1. The van der Waals surface area contributed by atoms with Crippen LogP contribution in [0.25, 0.3) is 0 Å². The topological polar surface area (TPSA) is 50.7 Å². The number of nitrogens with one attached hydrogen (secondary N) is 1. The van der Waals surface area contributed by atoms with Crippen LogP contribution < -0.4 is 14.8 Å². The van der Waals surface area contributed by atoms with Gasteiger partial charge in [0.05, 0.1) is 7.11 Å². The van der Waals surface area contributed by atoms with Gasteiger partial charge in [-0.2, -0.15) is 0 Å². The van der Waals surface area contributed by atoms with Crippen molar-refractivity contribution in [3.63, 3.8) is 0 Å². The molecule has 0 amide bonds. The number of hydrogen-bond acceptors (Lipinski definition) is 5. The first-order valence-electron chi connectivity index (χ1n) is 7.71. The highest BCUT2D eigenvalue weighted by Gasteiger charge is 2.20. The van der Waals surface area contributed by atoms with Gasteiger partial charge in [0.25, 0.3) is 0 Å². The van der Waals surface area contributed by atoms with Gasteiger partial charge < -0.3 is 19.9 Å². The molecule has 0 spiro atoms. The van der Waals surface area contributed by atoms with Gasteiger partial charge in [0, 0.05) is 17.0 Å². The van der Waals surface area contributed by atoms with E-state index < -0.39 is 6.10 Å². The second kappa shape index (κ2) is 8.34. The minimum atomic E-state index is -0.581. The number of para-hydroxylation sites is 2. The van der Waals surface area contributed by atoms with E-state index in [4.69, 9.17) is 9.47 Å². The van der Waals surface area contributed by atoms with Crippen molar-refractivity contribution in [3.05, 3.63) is 46.7 Å². The van der Waals surface area contributed by atoms with E-state index in [0.29, 0.717) is 18.0 Å². The summed E-state index contributed by atoms with van der Waals surface area (Å²) < 4.78 is 10.9. The van der Waals surface area contributed by atoms with Gasteiger partial charge in [-0.25, -0.2) is 0 Å². The molecule has 1 aromatic carbocycles. The molecule has 1 unspecified atom stereocenters. The molecule has 4 nitrogen and oxygen atoms in total. The van der Waals surface area contributed by atoms with E-state index >= 15 is 0 Å². The fourth-order valence-corrected chi connectivity index (χ4v) is 3.22. The van der Waals surface area contributed by atoms with Crippen molar-refractivity contribution in [1.82, 2.24) is 5.32 Å². The first-order valence-corrected chi connectivity index (χ1v) is 8.59. The summed E-state index contributed by atoms with van der Waals surface area (Å²) in [4.78, 5) is 1.34. The molecule has 2 N–H and O–H groups in total. The van der Waals surface area contributed by atoms with Gasteiger partial charge in [-0.1, -0.05) is 18.2 Å². The van der Waals surface area contributed by atoms with Crippen molar-refractivity contribution >= 4 is 11.3 Å². The predicted molar refractivity (Wildman–Crippen MR) is 94.6 cm³/mol. The highest BCUT2D eigenvalue weighted by Crippen LogP contribution is 2.25. The number of ether oxygens (including phenoxy) is 2. The molecule has 0 fully saturated rings. The molecule has 0 aliphatic rings. The Morgan fingerprint density at radius 1 is 1.17 bits per heavy atom. The van der Waals surface area contributed by atoms with Gasteiger partial charge in [-0.05, 0) is 43.8 Å². The molecule has 1 atom stereocenters. The van der Waals surface area contributed by atoms with Crippen molar-refractivity contribution < 1.29 is 14.6 Å². The fourth-order valence-electron chi connectivity index (χ4n) is 2.29. The number of methoxy groups -OCH3 is 1. The van der Waals surface area contributed by atoms with E-state index in [-0.39, 0.29) is 12.1 Å². The third-order valence-corrected chi connectivity index (χ3v) is 4.39. The van der Waals surface area contributed by atoms with E-state index in [1.54, 1.807) is 18.4 Å². The molecular weight excluding hydrogens is 310 g/mol. The summed E-state index contributed by atoms with van der Waals surface area (Å²) in [6, 6.07) is 11.6. The van der Waals surface area contributed by atoms with Crippen LogP contribution in [0.5, 0.6) is 11.5 Å². The molecule has 2 rings (SSSR count). The van der Waals surface area contributed by atoms with Gasteiger partial charge in [-0.15, -0.1) is 11.3 Å². The van der Waals surface area contributed by atoms with E-state index in [1.165, 1.54) is 4.88 Å². The van der Waals surface area contributed by atoms with Crippen LogP contribution in [0.1, 0.15) is 18.7 Å². The van der Waals surface area contributed by atoms with E-state index in [0.717, 1.165) is 6.42 Å². The molecular formula is C18H25NO3S. The summed E-state index contributed by atoms with van der Waals surface area (Å²) in [5.41, 5.74) is -0.0731. The number of rotatable bonds is 9. The lowest BCUT2D eigenvalue weighted by atomic mass is 9.99. The summed E-state index contributed by atoms with van der Waals surface area (Å²) >= 11 is 1.75. The zero-order valence-corrected chi connectivity index (χ0v) is 14.7. The van der Waals surface area contributed by atoms with E-state index in [2.05, 4.69) is 36.7 Å². The molecule has 0 saturated heterocycles. The van der Waals surface area contributed by atoms with Crippen molar-refractivity contribution in [2.24, 2.45) is 0 Å². The molecule has 2 aromatic rings. The number of aliphatic hydroxyl groups is 1. The number of benzene rings is 1. The number of β-amino-alcohol motifs (C(OH)–C–C–N with tert-alkyl or cyclic N) is 1. The Bertz CT molecular complexity index is 584. The number of hydrogen-bond donors (Lipinski definition) is 2. The summed E-state index contributed by atoms with van der Waals surface area (Å²) in [6.07, 6.45) is 0.354. The zero-order valence-electron chi connectivity index (χ0n) is 13.9.